The van der Waals surface area contributed by atoms with Crippen molar-refractivity contribution in [1.29, 1.82) is 0 Å². The lowest BCUT2D eigenvalue weighted by Crippen LogP contribution is -2.27. The molecule has 1 N–H and O–H groups in total. The number of nitrogens with one attached hydrogen (secondary N) is 1. The van der Waals surface area contributed by atoms with Crippen LogP contribution >= 0.6 is 0 Å². The molecule has 0 spiro atoms. The van der Waals surface area contributed by atoms with E-state index in [9.17, 15) is 13.2 Å². The summed E-state index contributed by atoms with van der Waals surface area (Å²) in [6.45, 7) is -1.35. The summed E-state index contributed by atoms with van der Waals surface area (Å²) < 4.78 is 32.5. The predicted octanol–water partition coefficient (Wildman–Crippen LogP) is 0.122. The molecule has 7 heavy (non-hydrogen) atoms. The van der Waals surface area contributed by atoms with E-state index >= 15 is 0 Å². The first kappa shape index (κ1) is 6.71. The lowest BCUT2D eigenvalue weighted by atomic mass is 10.7. The predicted molar refractivity (Wildman–Crippen MR) is 16.2 cm³/mol. The Morgan fingerprint density at radius 1 is 1.43 bits per heavy atom. The molecule has 0 atom stereocenters. The fourth-order valence-corrected chi connectivity index (χ4v) is 0.0896. The molecule has 0 aliphatic heterocycles. The van der Waals surface area contributed by atoms with Gasteiger partial charge in [0.1, 0.15) is 6.54 Å². The number of hydrogen-bond donors (Lipinski definition) is 1. The van der Waals surface area contributed by atoms with Crippen molar-refractivity contribution in [3.8, 4) is 0 Å². The first-order chi connectivity index (χ1) is 3.06. The second kappa shape index (κ2) is 2.13. The zero-order chi connectivity index (χ0) is 5.91. The number of nitrogens with zero attached hydrogens (tertiary/aromatic N) is 1. The number of alkyl halides is 3. The first-order valence-electron chi connectivity index (χ1n) is 1.50. The highest BCUT2D eigenvalue weighted by atomic mass is 19.4. The van der Waals surface area contributed by atoms with Gasteiger partial charge in [-0.25, -0.2) is 5.43 Å². The van der Waals surface area contributed by atoms with Crippen LogP contribution in [0.1, 0.15) is 0 Å². The monoisotopic (exact) mass is 112 g/mol. The Hall–Kier alpha value is -0.290. The molecular weight excluding hydrogens is 109 g/mol. The van der Waals surface area contributed by atoms with E-state index in [0.29, 0.717) is 0 Å². The fourth-order valence-electron chi connectivity index (χ4n) is 0.0896. The van der Waals surface area contributed by atoms with E-state index < -0.39 is 12.7 Å². The maximum Gasteiger partial charge on any atom is 0.402 e. The van der Waals surface area contributed by atoms with Crippen molar-refractivity contribution in [2.75, 3.05) is 6.54 Å². The molecule has 0 saturated carbocycles. The van der Waals surface area contributed by atoms with E-state index in [-0.39, 0.29) is 0 Å². The van der Waals surface area contributed by atoms with Gasteiger partial charge in [0, 0.05) is 0 Å². The molecule has 0 bridgehead atoms. The van der Waals surface area contributed by atoms with Gasteiger partial charge in [-0.3, -0.25) is 0 Å². The van der Waals surface area contributed by atoms with Gasteiger partial charge in [0.05, 0.1) is 0 Å². The molecule has 0 unspecified atom stereocenters. The average molecular weight is 112 g/mol. The van der Waals surface area contributed by atoms with Gasteiger partial charge in [0.25, 0.3) is 0 Å². The van der Waals surface area contributed by atoms with Crippen LogP contribution in [0.15, 0.2) is 0 Å². The molecule has 0 aliphatic rings. The van der Waals surface area contributed by atoms with Crippen molar-refractivity contribution in [1.82, 2.24) is 11.3 Å². The molecule has 5 heteroatoms. The highest BCUT2D eigenvalue weighted by molar-refractivity contribution is 4.47. The fraction of sp³-hybridized carbons (Fsp3) is 1.00. The lowest BCUT2D eigenvalue weighted by molar-refractivity contribution is -0.125. The van der Waals surface area contributed by atoms with Crippen LogP contribution in [0, 0.1) is 0 Å². The Morgan fingerprint density at radius 3 is 1.86 bits per heavy atom. The topological polar surface area (TPSA) is 34.3 Å². The molecule has 0 saturated heterocycles. The summed E-state index contributed by atoms with van der Waals surface area (Å²) in [5.74, 6) is 7.43. The molecule has 2 radical (unpaired) electrons. The van der Waals surface area contributed by atoms with Crippen LogP contribution in [0.2, 0.25) is 0 Å². The van der Waals surface area contributed by atoms with Crippen molar-refractivity contribution in [2.24, 2.45) is 0 Å². The van der Waals surface area contributed by atoms with Crippen LogP contribution in [0.4, 0.5) is 13.2 Å². The van der Waals surface area contributed by atoms with Crippen LogP contribution in [-0.4, -0.2) is 12.7 Å². The Morgan fingerprint density at radius 2 is 1.86 bits per heavy atom. The van der Waals surface area contributed by atoms with Gasteiger partial charge in [0.15, 0.2) is 0 Å². The maximum absolute atomic E-state index is 10.8. The molecular formula is C2H3F3N2. The summed E-state index contributed by atoms with van der Waals surface area (Å²) in [5, 5.41) is 0. The van der Waals surface area contributed by atoms with Crippen LogP contribution in [0.25, 0.3) is 0 Å². The van der Waals surface area contributed by atoms with E-state index in [2.05, 4.69) is 0 Å². The molecule has 0 aromatic heterocycles. The van der Waals surface area contributed by atoms with E-state index in [4.69, 9.17) is 5.84 Å². The van der Waals surface area contributed by atoms with E-state index in [0.717, 1.165) is 5.43 Å². The van der Waals surface area contributed by atoms with Crippen molar-refractivity contribution >= 4 is 0 Å². The Bertz CT molecular complexity index is 49.4. The summed E-state index contributed by atoms with van der Waals surface area (Å²) >= 11 is 0. The zero-order valence-corrected chi connectivity index (χ0v) is 3.29. The summed E-state index contributed by atoms with van der Waals surface area (Å²) in [4.78, 5) is 0. The van der Waals surface area contributed by atoms with Crippen LogP contribution < -0.4 is 11.3 Å². The summed E-state index contributed by atoms with van der Waals surface area (Å²) in [7, 11) is 0. The van der Waals surface area contributed by atoms with Gasteiger partial charge in [-0.15, -0.1) is 0 Å². The number of rotatable bonds is 1. The number of hydrogen-bond acceptors (Lipinski definition) is 1. The lowest BCUT2D eigenvalue weighted by Gasteiger charge is -2.00. The molecule has 0 fully saturated rings. The third-order valence-corrected chi connectivity index (χ3v) is 0.280. The van der Waals surface area contributed by atoms with Gasteiger partial charge in [-0.1, -0.05) is 0 Å². The van der Waals surface area contributed by atoms with Gasteiger partial charge in [-0.2, -0.15) is 13.2 Å². The maximum atomic E-state index is 10.8. The third-order valence-electron chi connectivity index (χ3n) is 0.280. The molecule has 0 aromatic carbocycles. The Labute approximate surface area is 38.5 Å². The van der Waals surface area contributed by atoms with Crippen LogP contribution in [0.5, 0.6) is 0 Å². The molecule has 2 nitrogen and oxygen atoms in total. The quantitative estimate of drug-likeness (QED) is 0.480. The van der Waals surface area contributed by atoms with Gasteiger partial charge in [-0.05, 0) is 5.84 Å². The molecule has 0 amide bonds. The van der Waals surface area contributed by atoms with Crippen molar-refractivity contribution in [3.05, 3.63) is 0 Å². The molecule has 0 aliphatic carbocycles. The second-order valence-corrected chi connectivity index (χ2v) is 0.950. The third kappa shape index (κ3) is 5.71. The highest BCUT2D eigenvalue weighted by Crippen LogP contribution is 2.11. The molecule has 42 valence electrons. The van der Waals surface area contributed by atoms with E-state index in [1.165, 1.54) is 0 Å². The molecule has 0 heterocycles. The average Bonchev–Trinajstić information content (AvgIpc) is 1.30. The highest BCUT2D eigenvalue weighted by Gasteiger charge is 2.25. The van der Waals surface area contributed by atoms with Gasteiger partial charge >= 0.3 is 6.18 Å². The minimum Gasteiger partial charge on any atom is -0.213 e. The second-order valence-electron chi connectivity index (χ2n) is 0.950. The summed E-state index contributed by atoms with van der Waals surface area (Å²) in [5.41, 5.74) is 0.983. The minimum absolute atomic E-state index is 0.983. The SMILES string of the molecule is [N]NCC(F)(F)F. The zero-order valence-electron chi connectivity index (χ0n) is 3.29. The van der Waals surface area contributed by atoms with Gasteiger partial charge in [0.2, 0.25) is 0 Å². The minimum atomic E-state index is -4.31. The first-order valence-corrected chi connectivity index (χ1v) is 1.50. The Balaban J connectivity index is 3.15. The smallest absolute Gasteiger partial charge is 0.213 e. The van der Waals surface area contributed by atoms with Crippen LogP contribution in [0.3, 0.4) is 0 Å². The largest absolute Gasteiger partial charge is 0.402 e. The number of halogens is 3. The Kier molecular flexibility index (Phi) is 2.04. The van der Waals surface area contributed by atoms with Crippen LogP contribution in [-0.2, 0) is 0 Å². The summed E-state index contributed by atoms with van der Waals surface area (Å²) in [6, 6.07) is 0. The van der Waals surface area contributed by atoms with Gasteiger partial charge < -0.3 is 0 Å². The van der Waals surface area contributed by atoms with Crippen molar-refractivity contribution in [3.63, 3.8) is 0 Å². The summed E-state index contributed by atoms with van der Waals surface area (Å²) in [6.07, 6.45) is -4.31. The van der Waals surface area contributed by atoms with Crippen molar-refractivity contribution < 1.29 is 13.2 Å². The molecule has 0 rings (SSSR count). The van der Waals surface area contributed by atoms with E-state index in [1.54, 1.807) is 0 Å². The normalized spacial score (nSPS) is 12.0. The van der Waals surface area contributed by atoms with Crippen molar-refractivity contribution in [2.45, 2.75) is 6.18 Å². The molecule has 0 aromatic rings. The van der Waals surface area contributed by atoms with E-state index in [1.807, 2.05) is 0 Å². The standard InChI is InChI=1S/C2H3F3N2/c3-2(4,5)1-7-6/h7H,1H2.